The van der Waals surface area contributed by atoms with Crippen molar-refractivity contribution in [3.05, 3.63) is 0 Å². The fourth-order valence-corrected chi connectivity index (χ4v) is 1.33. The molecule has 2 heterocycles. The van der Waals surface area contributed by atoms with E-state index in [1.54, 1.807) is 0 Å². The first-order valence-corrected chi connectivity index (χ1v) is 3.35. The number of nitrogens with one attached hydrogen (secondary N) is 2. The smallest absolute Gasteiger partial charge is 0.256 e. The van der Waals surface area contributed by atoms with Crippen molar-refractivity contribution in [3.8, 4) is 0 Å². The summed E-state index contributed by atoms with van der Waals surface area (Å²) < 4.78 is 4.90. The molecule has 2 rings (SSSR count). The SMILES string of the molecule is O=C1NC(=S)NC12COC2. The predicted molar refractivity (Wildman–Crippen MR) is 37.4 cm³/mol. The van der Waals surface area contributed by atoms with Crippen LogP contribution in [0, 0.1) is 0 Å². The van der Waals surface area contributed by atoms with Crippen molar-refractivity contribution in [2.75, 3.05) is 13.2 Å². The van der Waals surface area contributed by atoms with E-state index in [4.69, 9.17) is 17.0 Å². The van der Waals surface area contributed by atoms with Gasteiger partial charge in [-0.25, -0.2) is 0 Å². The summed E-state index contributed by atoms with van der Waals surface area (Å²) in [6.07, 6.45) is 0. The Hall–Kier alpha value is -0.680. The van der Waals surface area contributed by atoms with Gasteiger partial charge in [0.1, 0.15) is 0 Å². The van der Waals surface area contributed by atoms with Gasteiger partial charge >= 0.3 is 0 Å². The maximum atomic E-state index is 11.0. The lowest BCUT2D eigenvalue weighted by Crippen LogP contribution is -2.62. The van der Waals surface area contributed by atoms with Gasteiger partial charge in [-0.15, -0.1) is 0 Å². The summed E-state index contributed by atoms with van der Waals surface area (Å²) in [6, 6.07) is 0. The maximum Gasteiger partial charge on any atom is 0.256 e. The van der Waals surface area contributed by atoms with Gasteiger partial charge in [-0.3, -0.25) is 4.79 Å². The Morgan fingerprint density at radius 2 is 2.30 bits per heavy atom. The highest BCUT2D eigenvalue weighted by Crippen LogP contribution is 2.19. The third-order valence-electron chi connectivity index (χ3n) is 1.71. The molecule has 0 atom stereocenters. The van der Waals surface area contributed by atoms with Crippen LogP contribution in [-0.4, -0.2) is 29.8 Å². The van der Waals surface area contributed by atoms with Gasteiger partial charge in [-0.1, -0.05) is 0 Å². The molecule has 0 aromatic heterocycles. The fourth-order valence-electron chi connectivity index (χ4n) is 1.04. The number of hydrogen-bond donors (Lipinski definition) is 2. The van der Waals surface area contributed by atoms with Gasteiger partial charge in [0.05, 0.1) is 13.2 Å². The van der Waals surface area contributed by atoms with E-state index in [0.717, 1.165) is 0 Å². The molecule has 2 N–H and O–H groups in total. The van der Waals surface area contributed by atoms with Crippen LogP contribution in [0.1, 0.15) is 0 Å². The van der Waals surface area contributed by atoms with Crippen molar-refractivity contribution in [2.45, 2.75) is 5.54 Å². The molecule has 0 bridgehead atoms. The van der Waals surface area contributed by atoms with Crippen LogP contribution in [-0.2, 0) is 9.53 Å². The van der Waals surface area contributed by atoms with Gasteiger partial charge in [-0.05, 0) is 12.2 Å². The average molecular weight is 158 g/mol. The second kappa shape index (κ2) is 1.67. The van der Waals surface area contributed by atoms with E-state index in [2.05, 4.69) is 10.6 Å². The van der Waals surface area contributed by atoms with Gasteiger partial charge in [0.15, 0.2) is 10.7 Å². The average Bonchev–Trinajstić information content (AvgIpc) is 2.04. The van der Waals surface area contributed by atoms with Crippen molar-refractivity contribution in [2.24, 2.45) is 0 Å². The molecule has 1 amide bonds. The standard InChI is InChI=1S/C5H6N2O2S/c8-3-5(1-9-2-5)7-4(10)6-3/h1-2H2,(H2,6,7,8,10). The first-order valence-electron chi connectivity index (χ1n) is 2.94. The van der Waals surface area contributed by atoms with Crippen molar-refractivity contribution < 1.29 is 9.53 Å². The molecule has 0 radical (unpaired) electrons. The maximum absolute atomic E-state index is 11.0. The number of hydrogen-bond acceptors (Lipinski definition) is 3. The minimum Gasteiger partial charge on any atom is -0.375 e. The van der Waals surface area contributed by atoms with E-state index in [1.807, 2.05) is 0 Å². The largest absolute Gasteiger partial charge is 0.375 e. The highest BCUT2D eigenvalue weighted by atomic mass is 32.1. The summed E-state index contributed by atoms with van der Waals surface area (Å²) in [7, 11) is 0. The summed E-state index contributed by atoms with van der Waals surface area (Å²) in [5.74, 6) is -0.0660. The first-order chi connectivity index (χ1) is 4.73. The third kappa shape index (κ3) is 0.587. The molecule has 2 fully saturated rings. The quantitative estimate of drug-likeness (QED) is 0.433. The Balaban J connectivity index is 2.23. The number of thiocarbonyl (C=S) groups is 1. The van der Waals surface area contributed by atoms with Crippen molar-refractivity contribution in [1.82, 2.24) is 10.6 Å². The molecule has 5 heteroatoms. The van der Waals surface area contributed by atoms with Crippen LogP contribution in [0.4, 0.5) is 0 Å². The Morgan fingerprint density at radius 1 is 1.60 bits per heavy atom. The topological polar surface area (TPSA) is 50.4 Å². The molecular formula is C5H6N2O2S. The van der Waals surface area contributed by atoms with E-state index < -0.39 is 5.54 Å². The Bertz CT molecular complexity index is 212. The molecule has 2 saturated heterocycles. The van der Waals surface area contributed by atoms with Gasteiger partial charge in [0.2, 0.25) is 0 Å². The molecule has 0 saturated carbocycles. The van der Waals surface area contributed by atoms with Gasteiger partial charge in [0.25, 0.3) is 5.91 Å². The fraction of sp³-hybridized carbons (Fsp3) is 0.600. The lowest BCUT2D eigenvalue weighted by atomic mass is 9.99. The van der Waals surface area contributed by atoms with Crippen molar-refractivity contribution >= 4 is 23.2 Å². The molecule has 4 nitrogen and oxygen atoms in total. The third-order valence-corrected chi connectivity index (χ3v) is 1.92. The second-order valence-corrected chi connectivity index (χ2v) is 2.89. The number of ether oxygens (including phenoxy) is 1. The number of amides is 1. The molecule has 2 aliphatic rings. The monoisotopic (exact) mass is 158 g/mol. The van der Waals surface area contributed by atoms with Crippen molar-refractivity contribution in [3.63, 3.8) is 0 Å². The molecule has 1 spiro atoms. The Morgan fingerprint density at radius 3 is 2.50 bits per heavy atom. The minimum absolute atomic E-state index is 0.0660. The van der Waals surface area contributed by atoms with E-state index in [1.165, 1.54) is 0 Å². The molecule has 0 unspecified atom stereocenters. The van der Waals surface area contributed by atoms with Gasteiger partial charge in [-0.2, -0.15) is 0 Å². The first kappa shape index (κ1) is 6.06. The van der Waals surface area contributed by atoms with Crippen LogP contribution < -0.4 is 10.6 Å². The molecular weight excluding hydrogens is 152 g/mol. The van der Waals surface area contributed by atoms with Crippen LogP contribution in [0.25, 0.3) is 0 Å². The van der Waals surface area contributed by atoms with Gasteiger partial charge in [0, 0.05) is 0 Å². The molecule has 54 valence electrons. The number of rotatable bonds is 0. The molecule has 2 aliphatic heterocycles. The zero-order chi connectivity index (χ0) is 7.19. The minimum atomic E-state index is -0.517. The highest BCUT2D eigenvalue weighted by Gasteiger charge is 2.50. The summed E-state index contributed by atoms with van der Waals surface area (Å²) in [5.41, 5.74) is -0.517. The zero-order valence-electron chi connectivity index (χ0n) is 5.14. The summed E-state index contributed by atoms with van der Waals surface area (Å²) in [5, 5.41) is 5.78. The van der Waals surface area contributed by atoms with Crippen LogP contribution in [0.2, 0.25) is 0 Å². The lowest BCUT2D eigenvalue weighted by molar-refractivity contribution is -0.141. The normalized spacial score (nSPS) is 27.6. The summed E-state index contributed by atoms with van der Waals surface area (Å²) in [4.78, 5) is 11.0. The van der Waals surface area contributed by atoms with E-state index in [0.29, 0.717) is 18.3 Å². The lowest BCUT2D eigenvalue weighted by Gasteiger charge is -2.34. The second-order valence-electron chi connectivity index (χ2n) is 2.48. The van der Waals surface area contributed by atoms with E-state index in [9.17, 15) is 4.79 Å². The molecule has 0 aliphatic carbocycles. The van der Waals surface area contributed by atoms with Crippen LogP contribution >= 0.6 is 12.2 Å². The van der Waals surface area contributed by atoms with E-state index in [-0.39, 0.29) is 5.91 Å². The molecule has 0 aromatic carbocycles. The number of carbonyl (C=O) groups is 1. The number of carbonyl (C=O) groups excluding carboxylic acids is 1. The summed E-state index contributed by atoms with van der Waals surface area (Å²) >= 11 is 4.75. The van der Waals surface area contributed by atoms with Crippen LogP contribution in [0.5, 0.6) is 0 Å². The summed E-state index contributed by atoms with van der Waals surface area (Å²) in [6.45, 7) is 0.859. The zero-order valence-corrected chi connectivity index (χ0v) is 5.96. The van der Waals surface area contributed by atoms with Crippen molar-refractivity contribution in [1.29, 1.82) is 0 Å². The van der Waals surface area contributed by atoms with Crippen LogP contribution in [0.15, 0.2) is 0 Å². The Kier molecular flexibility index (Phi) is 1.01. The molecule has 10 heavy (non-hydrogen) atoms. The Labute approximate surface area is 62.9 Å². The van der Waals surface area contributed by atoms with Gasteiger partial charge < -0.3 is 15.4 Å². The highest BCUT2D eigenvalue weighted by molar-refractivity contribution is 7.80. The van der Waals surface area contributed by atoms with Crippen LogP contribution in [0.3, 0.4) is 0 Å². The predicted octanol–water partition coefficient (Wildman–Crippen LogP) is -1.24. The molecule has 0 aromatic rings. The van der Waals surface area contributed by atoms with E-state index >= 15 is 0 Å².